The van der Waals surface area contributed by atoms with Gasteiger partial charge in [-0.05, 0) is 38.5 Å². The molecule has 0 aromatic heterocycles. The quantitative estimate of drug-likeness (QED) is 0.858. The van der Waals surface area contributed by atoms with Crippen molar-refractivity contribution in [1.29, 1.82) is 0 Å². The van der Waals surface area contributed by atoms with Crippen LogP contribution in [0.15, 0.2) is 0 Å². The molecule has 0 radical (unpaired) electrons. The molecule has 1 heterocycles. The van der Waals surface area contributed by atoms with Crippen molar-refractivity contribution in [2.75, 3.05) is 19.7 Å². The number of ether oxygens (including phenoxy) is 1. The van der Waals surface area contributed by atoms with Crippen LogP contribution >= 0.6 is 0 Å². The van der Waals surface area contributed by atoms with Crippen molar-refractivity contribution in [1.82, 2.24) is 4.90 Å². The number of carbonyl (C=O) groups is 1. The highest BCUT2D eigenvalue weighted by Gasteiger charge is 2.56. The van der Waals surface area contributed by atoms with E-state index in [2.05, 4.69) is 6.92 Å². The normalized spacial score (nSPS) is 39.2. The number of hydrogen-bond acceptors (Lipinski definition) is 3. The second-order valence-corrected chi connectivity index (χ2v) is 7.03. The Bertz CT molecular complexity index is 368. The molecule has 0 unspecified atom stereocenters. The highest BCUT2D eigenvalue weighted by molar-refractivity contribution is 5.79. The molecule has 4 nitrogen and oxygen atoms in total. The first-order valence-corrected chi connectivity index (χ1v) is 8.15. The van der Waals surface area contributed by atoms with E-state index in [-0.39, 0.29) is 23.5 Å². The Labute approximate surface area is 121 Å². The van der Waals surface area contributed by atoms with Gasteiger partial charge in [-0.2, -0.15) is 0 Å². The number of aliphatic hydroxyl groups excluding tert-OH is 1. The molecule has 2 aliphatic carbocycles. The summed E-state index contributed by atoms with van der Waals surface area (Å²) in [7, 11) is 0. The monoisotopic (exact) mass is 281 g/mol. The molecule has 0 aromatic carbocycles. The van der Waals surface area contributed by atoms with Crippen LogP contribution in [0.5, 0.6) is 0 Å². The summed E-state index contributed by atoms with van der Waals surface area (Å²) in [5.74, 6) is 1.34. The molecule has 1 saturated heterocycles. The molecular weight excluding hydrogens is 254 g/mol. The van der Waals surface area contributed by atoms with Gasteiger partial charge in [0.2, 0.25) is 5.91 Å². The van der Waals surface area contributed by atoms with E-state index < -0.39 is 0 Å². The van der Waals surface area contributed by atoms with Crippen LogP contribution in [0.4, 0.5) is 0 Å². The summed E-state index contributed by atoms with van der Waals surface area (Å²) in [5.41, 5.74) is -0.0697. The van der Waals surface area contributed by atoms with Crippen molar-refractivity contribution in [2.24, 2.45) is 17.3 Å². The smallest absolute Gasteiger partial charge is 0.225 e. The lowest BCUT2D eigenvalue weighted by molar-refractivity contribution is -0.210. The van der Waals surface area contributed by atoms with Crippen LogP contribution in [-0.4, -0.2) is 47.8 Å². The molecule has 114 valence electrons. The number of rotatable bonds is 3. The Morgan fingerprint density at radius 1 is 1.30 bits per heavy atom. The van der Waals surface area contributed by atoms with Crippen LogP contribution < -0.4 is 0 Å². The summed E-state index contributed by atoms with van der Waals surface area (Å²) in [4.78, 5) is 14.4. The summed E-state index contributed by atoms with van der Waals surface area (Å²) in [5, 5.41) is 10.2. The molecule has 0 bridgehead atoms. The number of aliphatic hydroxyl groups is 1. The first kappa shape index (κ1) is 14.3. The van der Waals surface area contributed by atoms with Gasteiger partial charge in [0.15, 0.2) is 0 Å². The average molecular weight is 281 g/mol. The number of piperidine rings is 1. The van der Waals surface area contributed by atoms with E-state index in [1.165, 1.54) is 0 Å². The van der Waals surface area contributed by atoms with Crippen molar-refractivity contribution >= 4 is 5.91 Å². The molecular formula is C16H27NO3. The predicted molar refractivity (Wildman–Crippen MR) is 76.2 cm³/mol. The van der Waals surface area contributed by atoms with E-state index in [4.69, 9.17) is 4.74 Å². The number of carbonyl (C=O) groups excluding carboxylic acids is 1. The third kappa shape index (κ3) is 2.17. The van der Waals surface area contributed by atoms with Crippen LogP contribution in [-0.2, 0) is 9.53 Å². The first-order valence-electron chi connectivity index (χ1n) is 8.15. The zero-order valence-electron chi connectivity index (χ0n) is 12.7. The van der Waals surface area contributed by atoms with Crippen molar-refractivity contribution in [3.8, 4) is 0 Å². The Kier molecular flexibility index (Phi) is 3.80. The van der Waals surface area contributed by atoms with Gasteiger partial charge in [-0.1, -0.05) is 6.92 Å². The maximum absolute atomic E-state index is 12.4. The topological polar surface area (TPSA) is 49.8 Å². The second-order valence-electron chi connectivity index (χ2n) is 7.03. The molecule has 1 amide bonds. The average Bonchev–Trinajstić information content (AvgIpc) is 2.43. The van der Waals surface area contributed by atoms with Crippen molar-refractivity contribution in [2.45, 2.75) is 58.2 Å². The molecule has 0 aromatic rings. The molecule has 20 heavy (non-hydrogen) atoms. The Hall–Kier alpha value is -0.610. The Morgan fingerprint density at radius 2 is 1.95 bits per heavy atom. The Balaban J connectivity index is 1.55. The third-order valence-electron chi connectivity index (χ3n) is 5.84. The van der Waals surface area contributed by atoms with Gasteiger partial charge in [-0.25, -0.2) is 0 Å². The lowest BCUT2D eigenvalue weighted by Gasteiger charge is -2.57. The van der Waals surface area contributed by atoms with E-state index in [9.17, 15) is 9.90 Å². The van der Waals surface area contributed by atoms with Gasteiger partial charge in [-0.3, -0.25) is 4.79 Å². The SMILES string of the molecule is CCO[C@H]1C[C@@H](O)C12CCN(C(=O)C1CC(C)C1)CC2. The number of hydrogen-bond donors (Lipinski definition) is 1. The first-order chi connectivity index (χ1) is 9.56. The fourth-order valence-electron chi connectivity index (χ4n) is 4.32. The van der Waals surface area contributed by atoms with Crippen LogP contribution in [0.2, 0.25) is 0 Å². The minimum absolute atomic E-state index is 0.0697. The van der Waals surface area contributed by atoms with Gasteiger partial charge >= 0.3 is 0 Å². The number of likely N-dealkylation sites (tertiary alicyclic amines) is 1. The van der Waals surface area contributed by atoms with Gasteiger partial charge < -0.3 is 14.7 Å². The molecule has 3 rings (SSSR count). The van der Waals surface area contributed by atoms with Crippen molar-refractivity contribution in [3.05, 3.63) is 0 Å². The van der Waals surface area contributed by atoms with Gasteiger partial charge in [-0.15, -0.1) is 0 Å². The summed E-state index contributed by atoms with van der Waals surface area (Å²) < 4.78 is 5.77. The molecule has 1 N–H and O–H groups in total. The van der Waals surface area contributed by atoms with Gasteiger partial charge in [0.25, 0.3) is 0 Å². The molecule has 1 aliphatic heterocycles. The van der Waals surface area contributed by atoms with Crippen molar-refractivity contribution in [3.63, 3.8) is 0 Å². The zero-order valence-corrected chi connectivity index (χ0v) is 12.7. The predicted octanol–water partition coefficient (Wildman–Crippen LogP) is 1.81. The van der Waals surface area contributed by atoms with Crippen molar-refractivity contribution < 1.29 is 14.6 Å². The molecule has 3 aliphatic rings. The lowest BCUT2D eigenvalue weighted by atomic mass is 9.58. The highest BCUT2D eigenvalue weighted by atomic mass is 16.5. The van der Waals surface area contributed by atoms with E-state index in [1.54, 1.807) is 0 Å². The molecule has 2 saturated carbocycles. The van der Waals surface area contributed by atoms with E-state index >= 15 is 0 Å². The minimum atomic E-state index is -0.236. The van der Waals surface area contributed by atoms with Crippen LogP contribution in [0, 0.1) is 17.3 Å². The summed E-state index contributed by atoms with van der Waals surface area (Å²) >= 11 is 0. The zero-order chi connectivity index (χ0) is 14.3. The Morgan fingerprint density at radius 3 is 2.45 bits per heavy atom. The largest absolute Gasteiger partial charge is 0.392 e. The van der Waals surface area contributed by atoms with Gasteiger partial charge in [0.1, 0.15) is 0 Å². The second kappa shape index (κ2) is 5.30. The molecule has 3 fully saturated rings. The standard InChI is InChI=1S/C16H27NO3/c1-3-20-14-10-13(18)16(14)4-6-17(7-5-16)15(19)12-8-11(2)9-12/h11-14,18H,3-10H2,1-2H3/t11?,12?,13-,14+/m1/s1. The minimum Gasteiger partial charge on any atom is -0.392 e. The summed E-state index contributed by atoms with van der Waals surface area (Å²) in [6.07, 6.45) is 4.64. The number of amides is 1. The molecule has 2 atom stereocenters. The molecule has 4 heteroatoms. The fraction of sp³-hybridized carbons (Fsp3) is 0.938. The van der Waals surface area contributed by atoms with E-state index in [0.29, 0.717) is 12.5 Å². The van der Waals surface area contributed by atoms with Gasteiger partial charge in [0.05, 0.1) is 12.2 Å². The van der Waals surface area contributed by atoms with E-state index in [0.717, 1.165) is 51.1 Å². The summed E-state index contributed by atoms with van der Waals surface area (Å²) in [6, 6.07) is 0. The fourth-order valence-corrected chi connectivity index (χ4v) is 4.32. The maximum atomic E-state index is 12.4. The molecule has 1 spiro atoms. The highest BCUT2D eigenvalue weighted by Crippen LogP contribution is 2.51. The van der Waals surface area contributed by atoms with Crippen LogP contribution in [0.25, 0.3) is 0 Å². The van der Waals surface area contributed by atoms with E-state index in [1.807, 2.05) is 11.8 Å². The maximum Gasteiger partial charge on any atom is 0.225 e. The summed E-state index contributed by atoms with van der Waals surface area (Å²) in [6.45, 7) is 6.53. The van der Waals surface area contributed by atoms with Gasteiger partial charge in [0, 0.05) is 37.5 Å². The lowest BCUT2D eigenvalue weighted by Crippen LogP contribution is -2.63. The number of nitrogens with zero attached hydrogens (tertiary/aromatic N) is 1. The third-order valence-corrected chi connectivity index (χ3v) is 5.84. The van der Waals surface area contributed by atoms with Crippen LogP contribution in [0.3, 0.4) is 0 Å². The van der Waals surface area contributed by atoms with Crippen LogP contribution in [0.1, 0.15) is 46.0 Å².